The summed E-state index contributed by atoms with van der Waals surface area (Å²) in [5.41, 5.74) is 0.821. The molecule has 0 bridgehead atoms. The molecule has 5 heteroatoms. The van der Waals surface area contributed by atoms with Crippen LogP contribution in [0.3, 0.4) is 0 Å². The minimum atomic E-state index is -0.793. The van der Waals surface area contributed by atoms with E-state index < -0.39 is 5.97 Å². The highest BCUT2D eigenvalue weighted by Gasteiger charge is 2.12. The van der Waals surface area contributed by atoms with Crippen molar-refractivity contribution in [3.05, 3.63) is 23.5 Å². The van der Waals surface area contributed by atoms with Crippen molar-refractivity contribution in [1.82, 2.24) is 4.98 Å². The maximum Gasteiger partial charge on any atom is 0.305 e. The lowest BCUT2D eigenvalue weighted by molar-refractivity contribution is -0.136. The van der Waals surface area contributed by atoms with Gasteiger partial charge in [0, 0.05) is 19.3 Å². The van der Waals surface area contributed by atoms with Crippen LogP contribution in [0.15, 0.2) is 18.3 Å². The van der Waals surface area contributed by atoms with Gasteiger partial charge in [-0.05, 0) is 18.6 Å². The molecule has 1 heterocycles. The van der Waals surface area contributed by atoms with Crippen molar-refractivity contribution in [3.63, 3.8) is 0 Å². The molecule has 0 spiro atoms. The molecule has 0 aliphatic rings. The molecule has 0 atom stereocenters. The van der Waals surface area contributed by atoms with Crippen LogP contribution in [0.1, 0.15) is 39.0 Å². The number of anilines is 1. The van der Waals surface area contributed by atoms with Gasteiger partial charge >= 0.3 is 5.97 Å². The van der Waals surface area contributed by atoms with Crippen LogP contribution in [-0.4, -0.2) is 29.1 Å². The second-order valence-electron chi connectivity index (χ2n) is 4.50. The third-order valence-corrected chi connectivity index (χ3v) is 3.25. The summed E-state index contributed by atoms with van der Waals surface area (Å²) >= 11 is 6.07. The van der Waals surface area contributed by atoms with E-state index in [0.29, 0.717) is 11.7 Å². The van der Waals surface area contributed by atoms with E-state index in [1.54, 1.807) is 6.20 Å². The Morgan fingerprint density at radius 2 is 2.16 bits per heavy atom. The Balaban J connectivity index is 2.63. The molecule has 19 heavy (non-hydrogen) atoms. The maximum atomic E-state index is 10.7. The molecular formula is C14H21ClN2O2. The molecule has 0 fully saturated rings. The first-order valence-corrected chi connectivity index (χ1v) is 7.10. The van der Waals surface area contributed by atoms with Gasteiger partial charge in [-0.15, -0.1) is 0 Å². The summed E-state index contributed by atoms with van der Waals surface area (Å²) in [5, 5.41) is 9.25. The first kappa shape index (κ1) is 15.8. The van der Waals surface area contributed by atoms with E-state index in [9.17, 15) is 4.79 Å². The molecule has 1 N–H and O–H groups in total. The summed E-state index contributed by atoms with van der Waals surface area (Å²) in [4.78, 5) is 16.8. The molecule has 0 saturated heterocycles. The first-order valence-electron chi connectivity index (χ1n) is 6.72. The molecule has 0 aliphatic carbocycles. The summed E-state index contributed by atoms with van der Waals surface area (Å²) in [6, 6.07) is 3.71. The van der Waals surface area contributed by atoms with E-state index in [0.717, 1.165) is 25.1 Å². The number of nitrogens with zero attached hydrogens (tertiary/aromatic N) is 2. The van der Waals surface area contributed by atoms with Gasteiger partial charge in [0.25, 0.3) is 0 Å². The van der Waals surface area contributed by atoms with Gasteiger partial charge in [0.2, 0.25) is 0 Å². The SMILES string of the molecule is CCCCCCN(CCC(=O)O)c1cccnc1Cl. The van der Waals surface area contributed by atoms with E-state index in [1.165, 1.54) is 12.8 Å². The van der Waals surface area contributed by atoms with Crippen LogP contribution in [0, 0.1) is 0 Å². The molecule has 1 rings (SSSR count). The second kappa shape index (κ2) is 8.75. The highest BCUT2D eigenvalue weighted by molar-refractivity contribution is 6.32. The number of carboxylic acids is 1. The highest BCUT2D eigenvalue weighted by atomic mass is 35.5. The molecule has 0 saturated carbocycles. The van der Waals surface area contributed by atoms with Crippen LogP contribution in [0.2, 0.25) is 5.15 Å². The van der Waals surface area contributed by atoms with Crippen LogP contribution in [0.4, 0.5) is 5.69 Å². The van der Waals surface area contributed by atoms with Gasteiger partial charge in [0.05, 0.1) is 12.1 Å². The largest absolute Gasteiger partial charge is 0.481 e. The molecule has 0 amide bonds. The van der Waals surface area contributed by atoms with Gasteiger partial charge in [-0.2, -0.15) is 0 Å². The lowest BCUT2D eigenvalue weighted by Gasteiger charge is -2.24. The summed E-state index contributed by atoms with van der Waals surface area (Å²) in [5.74, 6) is -0.793. The fourth-order valence-corrected chi connectivity index (χ4v) is 2.17. The van der Waals surface area contributed by atoms with Crippen LogP contribution in [0.25, 0.3) is 0 Å². The maximum absolute atomic E-state index is 10.7. The molecule has 4 nitrogen and oxygen atoms in total. The number of pyridine rings is 1. The number of hydrogen-bond donors (Lipinski definition) is 1. The Bertz CT molecular complexity index is 399. The Hall–Kier alpha value is -1.29. The average Bonchev–Trinajstić information content (AvgIpc) is 2.39. The van der Waals surface area contributed by atoms with Crippen molar-refractivity contribution >= 4 is 23.3 Å². The van der Waals surface area contributed by atoms with Crippen LogP contribution in [0.5, 0.6) is 0 Å². The van der Waals surface area contributed by atoms with Crippen LogP contribution in [-0.2, 0) is 4.79 Å². The fraction of sp³-hybridized carbons (Fsp3) is 0.571. The van der Waals surface area contributed by atoms with E-state index in [1.807, 2.05) is 17.0 Å². The zero-order valence-electron chi connectivity index (χ0n) is 11.3. The molecule has 1 aromatic heterocycles. The summed E-state index contributed by atoms with van der Waals surface area (Å²) < 4.78 is 0. The minimum absolute atomic E-state index is 0.110. The number of rotatable bonds is 9. The number of hydrogen-bond acceptors (Lipinski definition) is 3. The monoisotopic (exact) mass is 284 g/mol. The standard InChI is InChI=1S/C14H21ClN2O2/c1-2-3-4-5-10-17(11-8-13(18)19)12-7-6-9-16-14(12)15/h6-7,9H,2-5,8,10-11H2,1H3,(H,18,19). The number of halogens is 1. The molecule has 0 aliphatic heterocycles. The van der Waals surface area contributed by atoms with E-state index in [2.05, 4.69) is 11.9 Å². The number of aromatic nitrogens is 1. The minimum Gasteiger partial charge on any atom is -0.481 e. The second-order valence-corrected chi connectivity index (χ2v) is 4.86. The van der Waals surface area contributed by atoms with Crippen LogP contribution >= 0.6 is 11.6 Å². The van der Waals surface area contributed by atoms with Crippen LogP contribution < -0.4 is 4.90 Å². The molecule has 1 aromatic rings. The summed E-state index contributed by atoms with van der Waals surface area (Å²) in [6.45, 7) is 3.45. The average molecular weight is 285 g/mol. The highest BCUT2D eigenvalue weighted by Crippen LogP contribution is 2.23. The van der Waals surface area contributed by atoms with Crippen molar-refractivity contribution in [2.24, 2.45) is 0 Å². The summed E-state index contributed by atoms with van der Waals surface area (Å²) in [7, 11) is 0. The third-order valence-electron chi connectivity index (χ3n) is 2.96. The smallest absolute Gasteiger partial charge is 0.305 e. The number of aliphatic carboxylic acids is 1. The predicted molar refractivity (Wildman–Crippen MR) is 77.9 cm³/mol. The first-order chi connectivity index (χ1) is 9.15. The molecular weight excluding hydrogens is 264 g/mol. The Kier molecular flexibility index (Phi) is 7.26. The number of carboxylic acid groups (broad SMARTS) is 1. The van der Waals surface area contributed by atoms with Gasteiger partial charge in [0.15, 0.2) is 5.15 Å². The zero-order valence-corrected chi connectivity index (χ0v) is 12.1. The molecule has 0 radical (unpaired) electrons. The fourth-order valence-electron chi connectivity index (χ4n) is 1.93. The number of carbonyl (C=O) groups is 1. The summed E-state index contributed by atoms with van der Waals surface area (Å²) in [6.07, 6.45) is 6.32. The van der Waals surface area contributed by atoms with Crippen molar-refractivity contribution < 1.29 is 9.90 Å². The van der Waals surface area contributed by atoms with Gasteiger partial charge < -0.3 is 10.0 Å². The van der Waals surface area contributed by atoms with Crippen molar-refractivity contribution in [2.75, 3.05) is 18.0 Å². The van der Waals surface area contributed by atoms with Gasteiger partial charge in [-0.3, -0.25) is 4.79 Å². The van der Waals surface area contributed by atoms with Crippen molar-refractivity contribution in [3.8, 4) is 0 Å². The number of unbranched alkanes of at least 4 members (excludes halogenated alkanes) is 3. The molecule has 106 valence electrons. The van der Waals surface area contributed by atoms with Gasteiger partial charge in [-0.1, -0.05) is 37.8 Å². The topological polar surface area (TPSA) is 53.4 Å². The lowest BCUT2D eigenvalue weighted by Crippen LogP contribution is -2.27. The molecule has 0 unspecified atom stereocenters. The van der Waals surface area contributed by atoms with E-state index in [-0.39, 0.29) is 6.42 Å². The van der Waals surface area contributed by atoms with Crippen molar-refractivity contribution in [1.29, 1.82) is 0 Å². The third kappa shape index (κ3) is 5.92. The Morgan fingerprint density at radius 3 is 2.79 bits per heavy atom. The van der Waals surface area contributed by atoms with E-state index in [4.69, 9.17) is 16.7 Å². The van der Waals surface area contributed by atoms with Gasteiger partial charge in [0.1, 0.15) is 0 Å². The Morgan fingerprint density at radius 1 is 1.37 bits per heavy atom. The Labute approximate surface area is 119 Å². The van der Waals surface area contributed by atoms with Crippen molar-refractivity contribution in [2.45, 2.75) is 39.0 Å². The zero-order chi connectivity index (χ0) is 14.1. The predicted octanol–water partition coefficient (Wildman–Crippen LogP) is 3.60. The van der Waals surface area contributed by atoms with E-state index >= 15 is 0 Å². The quantitative estimate of drug-likeness (QED) is 0.556. The normalized spacial score (nSPS) is 10.4. The lowest BCUT2D eigenvalue weighted by atomic mass is 10.2. The molecule has 0 aromatic carbocycles. The van der Waals surface area contributed by atoms with Gasteiger partial charge in [-0.25, -0.2) is 4.98 Å².